The molecule has 0 spiro atoms. The normalized spacial score (nSPS) is 29.6. The molecule has 3 rings (SSSR count). The van der Waals surface area contributed by atoms with Crippen molar-refractivity contribution in [1.82, 2.24) is 0 Å². The Morgan fingerprint density at radius 1 is 0.741 bits per heavy atom. The molecule has 0 aromatic heterocycles. The van der Waals surface area contributed by atoms with Crippen molar-refractivity contribution in [2.24, 2.45) is 0 Å². The topological polar surface area (TPSA) is 36.9 Å². The molecule has 1 aliphatic carbocycles. The van der Waals surface area contributed by atoms with Crippen molar-refractivity contribution in [1.29, 1.82) is 0 Å². The minimum absolute atomic E-state index is 0.360. The van der Waals surface area contributed by atoms with E-state index in [1.54, 1.807) is 0 Å². The van der Waals surface area contributed by atoms with Crippen LogP contribution < -0.4 is 0 Å². The van der Waals surface area contributed by atoms with Gasteiger partial charge in [-0.15, -0.1) is 0 Å². The van der Waals surface area contributed by atoms with Crippen LogP contribution in [0, 0.1) is 0 Å². The van der Waals surface area contributed by atoms with E-state index in [1.807, 2.05) is 0 Å². The average Bonchev–Trinajstić information content (AvgIpc) is 2.88. The van der Waals surface area contributed by atoms with Gasteiger partial charge in [0.2, 0.25) is 0 Å². The van der Waals surface area contributed by atoms with Crippen LogP contribution in [0.25, 0.3) is 0 Å². The molecule has 0 radical (unpaired) electrons. The monoisotopic (exact) mass is 374 g/mol. The van der Waals surface area contributed by atoms with E-state index in [0.29, 0.717) is 0 Å². The van der Waals surface area contributed by atoms with Crippen LogP contribution in [0.4, 0.5) is 0 Å². The van der Waals surface area contributed by atoms with E-state index in [1.165, 1.54) is 18.4 Å². The van der Waals surface area contributed by atoms with Gasteiger partial charge >= 0.3 is 14.2 Å². The van der Waals surface area contributed by atoms with Crippen molar-refractivity contribution in [2.75, 3.05) is 0 Å². The predicted octanol–water partition coefficient (Wildman–Crippen LogP) is 5.07. The third kappa shape index (κ3) is 3.71. The molecule has 0 N–H and O–H groups in total. The Balaban J connectivity index is 2.01. The molecule has 0 amide bonds. The standard InChI is InChI=1S/C21H36B2O4/c1-15(22-24-18(2,3)19(4,5)25-22)17(16-13-11-10-12-14-16)23-26-20(6,7)21(8,9)27-23/h13H,10-12,14H2,1-9H3/b17-15-. The molecule has 0 unspecified atom stereocenters. The van der Waals surface area contributed by atoms with Crippen molar-refractivity contribution < 1.29 is 18.6 Å². The smallest absolute Gasteiger partial charge is 0.400 e. The van der Waals surface area contributed by atoms with Crippen LogP contribution in [0.2, 0.25) is 0 Å². The first-order chi connectivity index (χ1) is 12.3. The molecule has 2 saturated heterocycles. The number of hydrogen-bond donors (Lipinski definition) is 0. The van der Waals surface area contributed by atoms with E-state index in [0.717, 1.165) is 23.8 Å². The molecular weight excluding hydrogens is 338 g/mol. The average molecular weight is 374 g/mol. The van der Waals surface area contributed by atoms with E-state index in [2.05, 4.69) is 68.4 Å². The zero-order valence-corrected chi connectivity index (χ0v) is 18.7. The summed E-state index contributed by atoms with van der Waals surface area (Å²) >= 11 is 0. The van der Waals surface area contributed by atoms with E-state index in [-0.39, 0.29) is 29.5 Å². The Morgan fingerprint density at radius 2 is 1.19 bits per heavy atom. The van der Waals surface area contributed by atoms with Gasteiger partial charge in [0, 0.05) is 0 Å². The third-order valence-electron chi connectivity index (χ3n) is 7.16. The fourth-order valence-electron chi connectivity index (χ4n) is 3.78. The summed E-state index contributed by atoms with van der Waals surface area (Å²) in [5.74, 6) is 0. The number of allylic oxidation sites excluding steroid dienone is 4. The molecule has 2 fully saturated rings. The van der Waals surface area contributed by atoms with Gasteiger partial charge in [0.1, 0.15) is 0 Å². The number of rotatable bonds is 3. The highest BCUT2D eigenvalue weighted by Gasteiger charge is 2.56. The quantitative estimate of drug-likeness (QED) is 0.647. The van der Waals surface area contributed by atoms with Crippen LogP contribution in [-0.2, 0) is 18.6 Å². The molecule has 0 bridgehead atoms. The molecule has 27 heavy (non-hydrogen) atoms. The van der Waals surface area contributed by atoms with Gasteiger partial charge in [-0.05, 0) is 98.9 Å². The molecule has 6 heteroatoms. The minimum atomic E-state index is -0.390. The van der Waals surface area contributed by atoms with Crippen molar-refractivity contribution in [3.63, 3.8) is 0 Å². The molecule has 0 aromatic carbocycles. The molecule has 0 saturated carbocycles. The van der Waals surface area contributed by atoms with Gasteiger partial charge in [0.15, 0.2) is 0 Å². The predicted molar refractivity (Wildman–Crippen MR) is 111 cm³/mol. The molecule has 3 aliphatic rings. The van der Waals surface area contributed by atoms with Crippen molar-refractivity contribution in [3.8, 4) is 0 Å². The van der Waals surface area contributed by atoms with Crippen LogP contribution in [0.5, 0.6) is 0 Å². The molecule has 4 nitrogen and oxygen atoms in total. The Kier molecular flexibility index (Phi) is 5.30. The number of hydrogen-bond acceptors (Lipinski definition) is 4. The van der Waals surface area contributed by atoms with E-state index in [9.17, 15) is 0 Å². The fraction of sp³-hybridized carbons (Fsp3) is 0.810. The molecule has 0 atom stereocenters. The van der Waals surface area contributed by atoms with Crippen LogP contribution in [0.1, 0.15) is 88.0 Å². The maximum absolute atomic E-state index is 6.43. The zero-order valence-electron chi connectivity index (χ0n) is 18.7. The van der Waals surface area contributed by atoms with E-state index in [4.69, 9.17) is 18.6 Å². The zero-order chi connectivity index (χ0) is 20.3. The van der Waals surface area contributed by atoms with Gasteiger partial charge in [0.05, 0.1) is 22.4 Å². The first kappa shape index (κ1) is 21.2. The lowest BCUT2D eigenvalue weighted by Crippen LogP contribution is -2.41. The second kappa shape index (κ2) is 6.76. The first-order valence-electron chi connectivity index (χ1n) is 10.4. The van der Waals surface area contributed by atoms with Crippen LogP contribution in [-0.4, -0.2) is 36.6 Å². The third-order valence-corrected chi connectivity index (χ3v) is 7.16. The van der Waals surface area contributed by atoms with Gasteiger partial charge in [-0.25, -0.2) is 0 Å². The molecule has 2 heterocycles. The molecule has 0 aromatic rings. The summed E-state index contributed by atoms with van der Waals surface area (Å²) in [6, 6.07) is 0. The van der Waals surface area contributed by atoms with E-state index < -0.39 is 7.12 Å². The van der Waals surface area contributed by atoms with Gasteiger partial charge in [-0.3, -0.25) is 0 Å². The van der Waals surface area contributed by atoms with Gasteiger partial charge < -0.3 is 18.6 Å². The van der Waals surface area contributed by atoms with Crippen molar-refractivity contribution in [3.05, 3.63) is 22.6 Å². The summed E-state index contributed by atoms with van der Waals surface area (Å²) in [7, 11) is -0.773. The highest BCUT2D eigenvalue weighted by Crippen LogP contribution is 2.44. The second-order valence-electron chi connectivity index (χ2n) is 10.2. The maximum atomic E-state index is 6.43. The highest BCUT2D eigenvalue weighted by atomic mass is 16.7. The van der Waals surface area contributed by atoms with Crippen molar-refractivity contribution in [2.45, 2.75) is 110 Å². The molecule has 150 valence electrons. The summed E-state index contributed by atoms with van der Waals surface area (Å²) in [6.45, 7) is 18.9. The SMILES string of the molecule is C/C(B1OC(C)(C)C(C)(C)O1)=C(/B1OC(C)(C)C(C)(C)O1)C1=CCCCC1. The van der Waals surface area contributed by atoms with Gasteiger partial charge in [0.25, 0.3) is 0 Å². The summed E-state index contributed by atoms with van der Waals surface area (Å²) in [4.78, 5) is 0. The van der Waals surface area contributed by atoms with Gasteiger partial charge in [-0.1, -0.05) is 11.6 Å². The lowest BCUT2D eigenvalue weighted by atomic mass is 9.61. The van der Waals surface area contributed by atoms with E-state index >= 15 is 0 Å². The minimum Gasteiger partial charge on any atom is -0.400 e. The van der Waals surface area contributed by atoms with Gasteiger partial charge in [-0.2, -0.15) is 0 Å². The van der Waals surface area contributed by atoms with Crippen LogP contribution in [0.15, 0.2) is 22.6 Å². The fourth-order valence-corrected chi connectivity index (χ4v) is 3.78. The Labute approximate surface area is 166 Å². The maximum Gasteiger partial charge on any atom is 0.494 e. The Hall–Kier alpha value is -0.550. The van der Waals surface area contributed by atoms with Crippen LogP contribution in [0.3, 0.4) is 0 Å². The molecular formula is C21H36B2O4. The van der Waals surface area contributed by atoms with Crippen molar-refractivity contribution >= 4 is 14.2 Å². The largest absolute Gasteiger partial charge is 0.494 e. The lowest BCUT2D eigenvalue weighted by molar-refractivity contribution is 0.00578. The summed E-state index contributed by atoms with van der Waals surface area (Å²) in [5, 5.41) is 0. The summed E-state index contributed by atoms with van der Waals surface area (Å²) in [5.41, 5.74) is 2.06. The second-order valence-corrected chi connectivity index (χ2v) is 10.2. The Morgan fingerprint density at radius 3 is 1.59 bits per heavy atom. The summed E-state index contributed by atoms with van der Waals surface area (Å²) in [6.07, 6.45) is 6.95. The first-order valence-corrected chi connectivity index (χ1v) is 10.4. The lowest BCUT2D eigenvalue weighted by Gasteiger charge is -2.32. The summed E-state index contributed by atoms with van der Waals surface area (Å²) < 4.78 is 25.5. The Bertz CT molecular complexity index is 629. The highest BCUT2D eigenvalue weighted by molar-refractivity contribution is 6.63. The van der Waals surface area contributed by atoms with Crippen LogP contribution >= 0.6 is 0 Å². The molecule has 2 aliphatic heterocycles.